The van der Waals surface area contributed by atoms with Gasteiger partial charge in [-0.15, -0.1) is 0 Å². The molecule has 0 bridgehead atoms. The SMILES string of the molecule is CCCCCCCCC/C=C/CC/C=C/CCCC(O)C(O)C(CO)NC(=O)C(O)CCCCCCCCCCCCCCCCCCCCCCCCCCC. The lowest BCUT2D eigenvalue weighted by atomic mass is 10.00. The molecule has 6 nitrogen and oxygen atoms in total. The van der Waals surface area contributed by atoms with Gasteiger partial charge >= 0.3 is 0 Å². The summed E-state index contributed by atoms with van der Waals surface area (Å²) in [6.45, 7) is 4.05. The molecule has 0 saturated carbocycles. The van der Waals surface area contributed by atoms with Gasteiger partial charge in [0.25, 0.3) is 0 Å². The van der Waals surface area contributed by atoms with Gasteiger partial charge in [-0.25, -0.2) is 0 Å². The highest BCUT2D eigenvalue weighted by Crippen LogP contribution is 2.17. The fraction of sp³-hybridized carbons (Fsp3) is 0.902. The van der Waals surface area contributed by atoms with E-state index in [0.29, 0.717) is 19.3 Å². The van der Waals surface area contributed by atoms with Crippen LogP contribution >= 0.6 is 0 Å². The van der Waals surface area contributed by atoms with Gasteiger partial charge < -0.3 is 25.7 Å². The second-order valence-electron chi connectivity index (χ2n) is 17.5. The quantitative estimate of drug-likeness (QED) is 0.0311. The Balaban J connectivity index is 3.67. The van der Waals surface area contributed by atoms with Crippen molar-refractivity contribution in [2.24, 2.45) is 0 Å². The predicted octanol–water partition coefficient (Wildman–Crippen LogP) is 13.9. The molecule has 0 heterocycles. The number of carbonyl (C=O) groups excluding carboxylic acids is 1. The number of rotatable bonds is 46. The van der Waals surface area contributed by atoms with Crippen LogP contribution in [0, 0.1) is 0 Å². The van der Waals surface area contributed by atoms with Crippen molar-refractivity contribution in [3.8, 4) is 0 Å². The second-order valence-corrected chi connectivity index (χ2v) is 17.5. The van der Waals surface area contributed by atoms with E-state index in [-0.39, 0.29) is 0 Å². The van der Waals surface area contributed by atoms with Gasteiger partial charge in [-0.2, -0.15) is 0 Å². The molecule has 0 radical (unpaired) electrons. The van der Waals surface area contributed by atoms with Crippen LogP contribution in [0.1, 0.15) is 264 Å². The molecule has 0 aromatic rings. The monoisotopic (exact) mass is 806 g/mol. The first-order valence-corrected chi connectivity index (χ1v) is 25.2. The maximum Gasteiger partial charge on any atom is 0.249 e. The van der Waals surface area contributed by atoms with Crippen LogP contribution in [0.2, 0.25) is 0 Å². The summed E-state index contributed by atoms with van der Waals surface area (Å²) in [6, 6.07) is -1.00. The van der Waals surface area contributed by atoms with E-state index in [1.54, 1.807) is 0 Å². The minimum atomic E-state index is -1.29. The Morgan fingerprint density at radius 2 is 0.737 bits per heavy atom. The first kappa shape index (κ1) is 55.8. The molecule has 5 N–H and O–H groups in total. The van der Waals surface area contributed by atoms with Gasteiger partial charge in [-0.3, -0.25) is 4.79 Å². The van der Waals surface area contributed by atoms with Crippen LogP contribution in [0.15, 0.2) is 24.3 Å². The molecular weight excluding hydrogens is 707 g/mol. The Morgan fingerprint density at radius 3 is 1.11 bits per heavy atom. The van der Waals surface area contributed by atoms with Crippen molar-refractivity contribution in [1.29, 1.82) is 0 Å². The van der Waals surface area contributed by atoms with E-state index in [4.69, 9.17) is 0 Å². The van der Waals surface area contributed by atoms with Crippen molar-refractivity contribution in [2.75, 3.05) is 6.61 Å². The molecular formula is C51H99NO5. The predicted molar refractivity (Wildman–Crippen MR) is 247 cm³/mol. The molecule has 0 aliphatic heterocycles. The van der Waals surface area contributed by atoms with Crippen molar-refractivity contribution in [3.05, 3.63) is 24.3 Å². The Hall–Kier alpha value is -1.21. The van der Waals surface area contributed by atoms with Gasteiger partial charge in [0.2, 0.25) is 5.91 Å². The van der Waals surface area contributed by atoms with E-state index in [1.165, 1.54) is 193 Å². The molecule has 0 fully saturated rings. The minimum Gasteiger partial charge on any atom is -0.394 e. The van der Waals surface area contributed by atoms with Gasteiger partial charge in [0.1, 0.15) is 12.2 Å². The summed E-state index contributed by atoms with van der Waals surface area (Å²) < 4.78 is 0. The largest absolute Gasteiger partial charge is 0.394 e. The van der Waals surface area contributed by atoms with E-state index in [0.717, 1.165) is 38.5 Å². The summed E-state index contributed by atoms with van der Waals surface area (Å²) in [7, 11) is 0. The van der Waals surface area contributed by atoms with Crippen LogP contribution in [0.3, 0.4) is 0 Å². The van der Waals surface area contributed by atoms with E-state index in [1.807, 2.05) is 0 Å². The van der Waals surface area contributed by atoms with Crippen LogP contribution in [0.4, 0.5) is 0 Å². The van der Waals surface area contributed by atoms with Crippen LogP contribution in [0.5, 0.6) is 0 Å². The number of carbonyl (C=O) groups is 1. The van der Waals surface area contributed by atoms with Gasteiger partial charge in [0.05, 0.1) is 18.8 Å². The highest BCUT2D eigenvalue weighted by molar-refractivity contribution is 5.80. The van der Waals surface area contributed by atoms with Crippen LogP contribution < -0.4 is 5.32 Å². The van der Waals surface area contributed by atoms with Crippen molar-refractivity contribution in [1.82, 2.24) is 5.32 Å². The molecule has 0 aromatic carbocycles. The first-order valence-electron chi connectivity index (χ1n) is 25.2. The number of nitrogens with one attached hydrogen (secondary N) is 1. The zero-order chi connectivity index (χ0) is 41.7. The molecule has 0 aromatic heterocycles. The topological polar surface area (TPSA) is 110 Å². The fourth-order valence-electron chi connectivity index (χ4n) is 7.89. The Kier molecular flexibility index (Phi) is 44.9. The smallest absolute Gasteiger partial charge is 0.249 e. The number of amides is 1. The molecule has 4 atom stereocenters. The number of allylic oxidation sites excluding steroid dienone is 4. The lowest BCUT2D eigenvalue weighted by molar-refractivity contribution is -0.132. The molecule has 1 amide bonds. The van der Waals surface area contributed by atoms with E-state index in [2.05, 4.69) is 43.5 Å². The number of aliphatic hydroxyl groups excluding tert-OH is 4. The molecule has 57 heavy (non-hydrogen) atoms. The number of hydrogen-bond donors (Lipinski definition) is 5. The zero-order valence-corrected chi connectivity index (χ0v) is 38.1. The maximum atomic E-state index is 12.5. The molecule has 0 saturated heterocycles. The third-order valence-electron chi connectivity index (χ3n) is 11.9. The van der Waals surface area contributed by atoms with Crippen molar-refractivity contribution in [3.63, 3.8) is 0 Å². The summed E-state index contributed by atoms with van der Waals surface area (Å²) >= 11 is 0. The lowest BCUT2D eigenvalue weighted by Crippen LogP contribution is -2.53. The Bertz CT molecular complexity index is 863. The average molecular weight is 806 g/mol. The summed E-state index contributed by atoms with van der Waals surface area (Å²) in [6.07, 6.45) is 53.7. The third kappa shape index (κ3) is 40.0. The maximum absolute atomic E-state index is 12.5. The van der Waals surface area contributed by atoms with E-state index in [9.17, 15) is 25.2 Å². The van der Waals surface area contributed by atoms with Gasteiger partial charge in [0, 0.05) is 0 Å². The van der Waals surface area contributed by atoms with Gasteiger partial charge in [-0.1, -0.05) is 237 Å². The summed E-state index contributed by atoms with van der Waals surface area (Å²) in [4.78, 5) is 12.5. The van der Waals surface area contributed by atoms with E-state index >= 15 is 0 Å². The van der Waals surface area contributed by atoms with Gasteiger partial charge in [-0.05, 0) is 51.4 Å². The van der Waals surface area contributed by atoms with Crippen LogP contribution in [0.25, 0.3) is 0 Å². The minimum absolute atomic E-state index is 0.364. The third-order valence-corrected chi connectivity index (χ3v) is 11.9. The summed E-state index contributed by atoms with van der Waals surface area (Å²) in [5.41, 5.74) is 0. The average Bonchev–Trinajstić information content (AvgIpc) is 3.22. The van der Waals surface area contributed by atoms with Crippen molar-refractivity contribution < 1.29 is 25.2 Å². The van der Waals surface area contributed by atoms with Crippen molar-refractivity contribution in [2.45, 2.75) is 289 Å². The van der Waals surface area contributed by atoms with E-state index < -0.39 is 36.9 Å². The highest BCUT2D eigenvalue weighted by atomic mass is 16.3. The Morgan fingerprint density at radius 1 is 0.421 bits per heavy atom. The number of unbranched alkanes of at least 4 members (excludes halogenated alkanes) is 33. The normalized spacial score (nSPS) is 14.1. The molecule has 4 unspecified atom stereocenters. The molecule has 0 spiro atoms. The molecule has 6 heteroatoms. The molecule has 0 aliphatic rings. The number of hydrogen-bond acceptors (Lipinski definition) is 5. The van der Waals surface area contributed by atoms with Crippen molar-refractivity contribution >= 4 is 5.91 Å². The number of aliphatic hydroxyl groups is 4. The van der Waals surface area contributed by atoms with Crippen LogP contribution in [-0.2, 0) is 4.79 Å². The molecule has 0 rings (SSSR count). The summed E-state index contributed by atoms with van der Waals surface area (Å²) in [5, 5.41) is 43.8. The Labute approximate surface area is 354 Å². The first-order chi connectivity index (χ1) is 28.0. The second kappa shape index (κ2) is 45.9. The zero-order valence-electron chi connectivity index (χ0n) is 38.1. The molecule has 338 valence electrons. The lowest BCUT2D eigenvalue weighted by Gasteiger charge is -2.27. The fourth-order valence-corrected chi connectivity index (χ4v) is 7.89. The van der Waals surface area contributed by atoms with Crippen LogP contribution in [-0.4, -0.2) is 57.3 Å². The van der Waals surface area contributed by atoms with Gasteiger partial charge in [0.15, 0.2) is 0 Å². The standard InChI is InChI=1S/C51H99NO5/c1-3-5-7-9-11-13-15-17-19-21-22-23-24-25-26-27-28-29-31-33-35-37-39-41-43-45-49(55)51(57)52-47(46-53)50(56)48(54)44-42-40-38-36-34-32-30-20-18-16-14-12-10-8-6-4-2/h20,30,36,38,47-50,53-56H,3-19,21-29,31-35,37,39-46H2,1-2H3,(H,52,57)/b30-20+,38-36+. The molecule has 0 aliphatic carbocycles. The summed E-state index contributed by atoms with van der Waals surface area (Å²) in [5.74, 6) is -0.593. The highest BCUT2D eigenvalue weighted by Gasteiger charge is 2.28.